The number of carbonyl (C=O) groups excluding carboxylic acids is 5. The summed E-state index contributed by atoms with van der Waals surface area (Å²) in [5, 5.41) is 30.0. The molecule has 0 aliphatic carbocycles. The molecule has 0 spiro atoms. The van der Waals surface area contributed by atoms with Gasteiger partial charge >= 0.3 is 12.1 Å². The van der Waals surface area contributed by atoms with Crippen LogP contribution >= 0.6 is 0 Å². The molecule has 21 heteroatoms. The van der Waals surface area contributed by atoms with Gasteiger partial charge in [0.15, 0.2) is 0 Å². The zero-order valence-corrected chi connectivity index (χ0v) is 29.9. The van der Waals surface area contributed by atoms with E-state index >= 15 is 0 Å². The Balaban J connectivity index is 0.000000811. The number of nitrogens with zero attached hydrogens (tertiary/aromatic N) is 6. The quantitative estimate of drug-likeness (QED) is 0.0502. The lowest BCUT2D eigenvalue weighted by Gasteiger charge is -2.27. The highest BCUT2D eigenvalue weighted by molar-refractivity contribution is 6.25. The van der Waals surface area contributed by atoms with Crippen LogP contribution in [0.15, 0.2) is 73.2 Å². The van der Waals surface area contributed by atoms with Gasteiger partial charge < -0.3 is 15.2 Å². The molecule has 5 amide bonds. The van der Waals surface area contributed by atoms with Crippen molar-refractivity contribution in [2.75, 3.05) is 25.1 Å². The van der Waals surface area contributed by atoms with Crippen LogP contribution < -0.4 is 16.1 Å². The summed E-state index contributed by atoms with van der Waals surface area (Å²) < 4.78 is 39.2. The predicted octanol–water partition coefficient (Wildman–Crippen LogP) is 2.16. The topological polar surface area (TPSA) is 238 Å². The van der Waals surface area contributed by atoms with Crippen LogP contribution in [0.4, 0.5) is 18.9 Å². The SMILES string of the molecule is O=C(O)C(F)(F)F.O=C1CCC(N2C(=O)c3cccc(NCCOCCn4cc(CN(Cc5ccc(C(=O)NO)cc5)Cc5cccnc5)nn4)c3C2=O)C(=O)N1. The average Bonchev–Trinajstić information content (AvgIpc) is 3.73. The molecule has 6 rings (SSSR count). The zero-order chi connectivity index (χ0) is 41.1. The van der Waals surface area contributed by atoms with Gasteiger partial charge in [-0.2, -0.15) is 13.2 Å². The number of nitrogens with one attached hydrogen (secondary N) is 3. The second-order valence-corrected chi connectivity index (χ2v) is 12.6. The minimum Gasteiger partial charge on any atom is -0.475 e. The fourth-order valence-electron chi connectivity index (χ4n) is 5.93. The molecule has 4 aromatic rings. The molecule has 2 aliphatic heterocycles. The first kappa shape index (κ1) is 41.6. The molecule has 0 radical (unpaired) electrons. The van der Waals surface area contributed by atoms with Gasteiger partial charge in [-0.25, -0.2) is 15.0 Å². The first-order valence-corrected chi connectivity index (χ1v) is 17.2. The molecular formula is C36H36F3N9O9. The third-order valence-electron chi connectivity index (χ3n) is 8.56. The number of hydrogen-bond acceptors (Lipinski definition) is 13. The molecule has 5 N–H and O–H groups in total. The molecule has 1 unspecified atom stereocenters. The van der Waals surface area contributed by atoms with Crippen molar-refractivity contribution < 1.29 is 57.0 Å². The van der Waals surface area contributed by atoms with E-state index in [9.17, 15) is 37.1 Å². The molecule has 0 bridgehead atoms. The number of aromatic nitrogens is 4. The van der Waals surface area contributed by atoms with Gasteiger partial charge in [0.1, 0.15) is 6.04 Å². The number of carboxylic acid groups (broad SMARTS) is 1. The number of benzene rings is 2. The van der Waals surface area contributed by atoms with E-state index in [1.54, 1.807) is 46.7 Å². The summed E-state index contributed by atoms with van der Waals surface area (Å²) in [7, 11) is 0. The van der Waals surface area contributed by atoms with Crippen LogP contribution in [-0.2, 0) is 45.3 Å². The Bertz CT molecular complexity index is 2100. The van der Waals surface area contributed by atoms with E-state index < -0.39 is 47.7 Å². The van der Waals surface area contributed by atoms with Crippen molar-refractivity contribution in [3.05, 3.63) is 107 Å². The zero-order valence-electron chi connectivity index (χ0n) is 29.9. The summed E-state index contributed by atoms with van der Waals surface area (Å²) in [5.74, 6) is -5.54. The summed E-state index contributed by atoms with van der Waals surface area (Å²) in [4.78, 5) is 78.2. The van der Waals surface area contributed by atoms with Gasteiger partial charge in [0.2, 0.25) is 11.8 Å². The first-order valence-electron chi connectivity index (χ1n) is 17.2. The molecular weight excluding hydrogens is 759 g/mol. The van der Waals surface area contributed by atoms with Gasteiger partial charge in [-0.05, 0) is 47.9 Å². The van der Waals surface area contributed by atoms with Crippen LogP contribution in [-0.4, -0.2) is 108 Å². The number of halogens is 3. The number of piperidine rings is 1. The molecule has 0 saturated carbocycles. The Labute approximate surface area is 321 Å². The lowest BCUT2D eigenvalue weighted by atomic mass is 10.0. The number of rotatable bonds is 15. The Kier molecular flexibility index (Phi) is 13.7. The number of hydrogen-bond donors (Lipinski definition) is 5. The minimum absolute atomic E-state index is 0.0538. The van der Waals surface area contributed by atoms with Gasteiger partial charge in [-0.3, -0.25) is 49.3 Å². The number of anilines is 1. The largest absolute Gasteiger partial charge is 0.490 e. The van der Waals surface area contributed by atoms with Gasteiger partial charge in [0, 0.05) is 62.4 Å². The number of carbonyl (C=O) groups is 6. The second-order valence-electron chi connectivity index (χ2n) is 12.6. The number of fused-ring (bicyclic) bond motifs is 1. The lowest BCUT2D eigenvalue weighted by molar-refractivity contribution is -0.192. The summed E-state index contributed by atoms with van der Waals surface area (Å²) in [5.41, 5.74) is 5.61. The highest BCUT2D eigenvalue weighted by Gasteiger charge is 2.45. The van der Waals surface area contributed by atoms with E-state index in [2.05, 4.69) is 30.8 Å². The number of hydroxylamine groups is 1. The molecule has 1 fully saturated rings. The summed E-state index contributed by atoms with van der Waals surface area (Å²) >= 11 is 0. The number of amides is 5. The third kappa shape index (κ3) is 11.0. The molecule has 18 nitrogen and oxygen atoms in total. The van der Waals surface area contributed by atoms with E-state index in [0.29, 0.717) is 57.2 Å². The van der Waals surface area contributed by atoms with Crippen LogP contribution in [0.5, 0.6) is 0 Å². The number of alkyl halides is 3. The third-order valence-corrected chi connectivity index (χ3v) is 8.56. The van der Waals surface area contributed by atoms with Crippen LogP contribution in [0.3, 0.4) is 0 Å². The fourth-order valence-corrected chi connectivity index (χ4v) is 5.93. The van der Waals surface area contributed by atoms with E-state index in [0.717, 1.165) is 21.7 Å². The maximum Gasteiger partial charge on any atom is 0.490 e. The molecule has 2 aliphatic rings. The maximum absolute atomic E-state index is 13.3. The number of imide groups is 2. The molecule has 57 heavy (non-hydrogen) atoms. The van der Waals surface area contributed by atoms with E-state index in [1.807, 2.05) is 36.7 Å². The first-order chi connectivity index (χ1) is 27.2. The molecule has 300 valence electrons. The smallest absolute Gasteiger partial charge is 0.475 e. The summed E-state index contributed by atoms with van der Waals surface area (Å²) in [6, 6.07) is 14.7. The monoisotopic (exact) mass is 795 g/mol. The summed E-state index contributed by atoms with van der Waals surface area (Å²) in [6.07, 6.45) is 0.448. The van der Waals surface area contributed by atoms with E-state index in [-0.39, 0.29) is 24.0 Å². The van der Waals surface area contributed by atoms with Crippen molar-refractivity contribution in [2.45, 2.75) is 51.2 Å². The van der Waals surface area contributed by atoms with Gasteiger partial charge in [0.25, 0.3) is 17.7 Å². The van der Waals surface area contributed by atoms with Crippen LogP contribution in [0.25, 0.3) is 0 Å². The molecule has 2 aromatic carbocycles. The number of carboxylic acids is 1. The minimum atomic E-state index is -5.08. The Morgan fingerprint density at radius 3 is 2.37 bits per heavy atom. The van der Waals surface area contributed by atoms with Crippen LogP contribution in [0.2, 0.25) is 0 Å². The second kappa shape index (κ2) is 18.8. The van der Waals surface area contributed by atoms with Gasteiger partial charge in [0.05, 0.1) is 36.6 Å². The maximum atomic E-state index is 13.3. The average molecular weight is 796 g/mol. The lowest BCUT2D eigenvalue weighted by Crippen LogP contribution is -2.54. The van der Waals surface area contributed by atoms with E-state index in [1.165, 1.54) is 0 Å². The Hall–Kier alpha value is -6.58. The summed E-state index contributed by atoms with van der Waals surface area (Å²) in [6.45, 7) is 3.15. The van der Waals surface area contributed by atoms with Crippen molar-refractivity contribution in [3.8, 4) is 0 Å². The Morgan fingerprint density at radius 1 is 0.965 bits per heavy atom. The van der Waals surface area contributed by atoms with Gasteiger partial charge in [-0.1, -0.05) is 29.5 Å². The van der Waals surface area contributed by atoms with Crippen molar-refractivity contribution in [1.82, 2.24) is 40.6 Å². The molecule has 1 saturated heterocycles. The predicted molar refractivity (Wildman–Crippen MR) is 189 cm³/mol. The normalized spacial score (nSPS) is 15.2. The molecule has 1 atom stereocenters. The molecule has 4 heterocycles. The number of ether oxygens (including phenoxy) is 1. The van der Waals surface area contributed by atoms with Crippen LogP contribution in [0, 0.1) is 0 Å². The highest BCUT2D eigenvalue weighted by atomic mass is 19.4. The van der Waals surface area contributed by atoms with Crippen molar-refractivity contribution in [1.29, 1.82) is 0 Å². The van der Waals surface area contributed by atoms with Crippen molar-refractivity contribution >= 4 is 41.2 Å². The Morgan fingerprint density at radius 2 is 1.70 bits per heavy atom. The molecule has 2 aromatic heterocycles. The number of pyridine rings is 1. The fraction of sp³-hybridized carbons (Fsp3) is 0.306. The van der Waals surface area contributed by atoms with Crippen molar-refractivity contribution in [3.63, 3.8) is 0 Å². The van der Waals surface area contributed by atoms with Gasteiger partial charge in [-0.15, -0.1) is 5.10 Å². The van der Waals surface area contributed by atoms with Crippen LogP contribution in [0.1, 0.15) is 60.7 Å². The van der Waals surface area contributed by atoms with Crippen molar-refractivity contribution in [2.24, 2.45) is 0 Å². The standard InChI is InChI=1S/C34H35N9O7.C2HF3O2/c44-29-11-10-28(32(46)37-29)43-33(47)26-4-1-5-27(30(26)34(43)48)36-13-15-50-16-14-42-21-25(38-40-42)20-41(19-23-3-2-12-35-17-23)18-22-6-8-24(9-7-22)31(45)39-49;3-2(4,5)1(6)7/h1-9,12,17,21,28,36,49H,10-11,13-16,18-20H2,(H,39,45)(H,37,44,46);(H,6,7). The van der Waals surface area contributed by atoms with E-state index in [4.69, 9.17) is 19.8 Å². The highest BCUT2D eigenvalue weighted by Crippen LogP contribution is 2.32. The number of aliphatic carboxylic acids is 1.